The van der Waals surface area contributed by atoms with Crippen LogP contribution < -0.4 is 5.73 Å². The molecule has 0 aliphatic heterocycles. The molecule has 1 amide bonds. The lowest BCUT2D eigenvalue weighted by atomic mass is 10.1. The molecule has 0 rings (SSSR count). The first-order chi connectivity index (χ1) is 6.02. The van der Waals surface area contributed by atoms with Crippen molar-refractivity contribution in [3.63, 3.8) is 0 Å². The maximum absolute atomic E-state index is 11.0. The van der Waals surface area contributed by atoms with Crippen LogP contribution in [0.25, 0.3) is 0 Å². The molecule has 76 valence electrons. The summed E-state index contributed by atoms with van der Waals surface area (Å²) in [5, 5.41) is 11.3. The van der Waals surface area contributed by atoms with Gasteiger partial charge in [-0.05, 0) is 6.92 Å². The summed E-state index contributed by atoms with van der Waals surface area (Å²) >= 11 is 0. The van der Waals surface area contributed by atoms with E-state index in [9.17, 15) is 4.79 Å². The third-order valence-corrected chi connectivity index (χ3v) is 1.94. The zero-order chi connectivity index (χ0) is 10.4. The number of nitrogens with zero attached hydrogens (tertiary/aromatic N) is 2. The van der Waals surface area contributed by atoms with Crippen LogP contribution in [-0.2, 0) is 4.79 Å². The standard InChI is InChI=1S/C8H17N3O2/c1-4-11(7(3)12)5-6(2)8(9)10-13/h6,13H,4-5H2,1-3H3,(H2,9,10). The Morgan fingerprint density at radius 1 is 1.69 bits per heavy atom. The average Bonchev–Trinajstić information content (AvgIpc) is 2.11. The summed E-state index contributed by atoms with van der Waals surface area (Å²) < 4.78 is 0. The fraction of sp³-hybridized carbons (Fsp3) is 0.750. The van der Waals surface area contributed by atoms with Gasteiger partial charge in [0.25, 0.3) is 0 Å². The van der Waals surface area contributed by atoms with Gasteiger partial charge in [0.2, 0.25) is 5.91 Å². The van der Waals surface area contributed by atoms with Crippen LogP contribution in [0.15, 0.2) is 5.16 Å². The molecule has 0 saturated carbocycles. The van der Waals surface area contributed by atoms with Gasteiger partial charge >= 0.3 is 0 Å². The molecule has 0 bridgehead atoms. The second-order valence-corrected chi connectivity index (χ2v) is 2.98. The number of carbonyl (C=O) groups is 1. The monoisotopic (exact) mass is 187 g/mol. The van der Waals surface area contributed by atoms with Crippen LogP contribution in [0.2, 0.25) is 0 Å². The molecule has 0 aliphatic rings. The number of hydrogen-bond donors (Lipinski definition) is 2. The highest BCUT2D eigenvalue weighted by atomic mass is 16.4. The third kappa shape index (κ3) is 3.78. The van der Waals surface area contributed by atoms with Gasteiger partial charge in [-0.25, -0.2) is 0 Å². The summed E-state index contributed by atoms with van der Waals surface area (Å²) in [6, 6.07) is 0. The summed E-state index contributed by atoms with van der Waals surface area (Å²) in [6.45, 7) is 6.32. The van der Waals surface area contributed by atoms with Gasteiger partial charge in [0.05, 0.1) is 0 Å². The van der Waals surface area contributed by atoms with E-state index in [-0.39, 0.29) is 17.7 Å². The minimum Gasteiger partial charge on any atom is -0.409 e. The van der Waals surface area contributed by atoms with E-state index in [1.165, 1.54) is 6.92 Å². The zero-order valence-electron chi connectivity index (χ0n) is 8.32. The predicted octanol–water partition coefficient (Wildman–Crippen LogP) is 0.237. The molecule has 1 atom stereocenters. The maximum Gasteiger partial charge on any atom is 0.219 e. The maximum atomic E-state index is 11.0. The Balaban J connectivity index is 4.16. The minimum absolute atomic E-state index is 0.0000831. The van der Waals surface area contributed by atoms with Crippen molar-refractivity contribution in [3.05, 3.63) is 0 Å². The lowest BCUT2D eigenvalue weighted by Crippen LogP contribution is -2.37. The Morgan fingerprint density at radius 2 is 2.23 bits per heavy atom. The van der Waals surface area contributed by atoms with Crippen molar-refractivity contribution in [1.82, 2.24) is 4.90 Å². The first kappa shape index (κ1) is 11.7. The number of amides is 1. The van der Waals surface area contributed by atoms with Crippen LogP contribution in [0.3, 0.4) is 0 Å². The molecule has 0 heterocycles. The number of rotatable bonds is 4. The van der Waals surface area contributed by atoms with Crippen molar-refractivity contribution in [3.8, 4) is 0 Å². The van der Waals surface area contributed by atoms with E-state index in [1.54, 1.807) is 11.8 Å². The van der Waals surface area contributed by atoms with E-state index < -0.39 is 0 Å². The van der Waals surface area contributed by atoms with Gasteiger partial charge in [-0.3, -0.25) is 4.79 Å². The van der Waals surface area contributed by atoms with Gasteiger partial charge in [-0.2, -0.15) is 0 Å². The Hall–Kier alpha value is -1.26. The molecule has 0 fully saturated rings. The van der Waals surface area contributed by atoms with Crippen molar-refractivity contribution >= 4 is 11.7 Å². The van der Waals surface area contributed by atoms with Crippen LogP contribution in [0.4, 0.5) is 0 Å². The number of carbonyl (C=O) groups excluding carboxylic acids is 1. The van der Waals surface area contributed by atoms with Crippen LogP contribution in [0.1, 0.15) is 20.8 Å². The molecule has 13 heavy (non-hydrogen) atoms. The summed E-state index contributed by atoms with van der Waals surface area (Å²) in [6.07, 6.45) is 0. The molecular weight excluding hydrogens is 170 g/mol. The van der Waals surface area contributed by atoms with Crippen molar-refractivity contribution in [1.29, 1.82) is 0 Å². The molecule has 0 aliphatic carbocycles. The lowest BCUT2D eigenvalue weighted by molar-refractivity contribution is -0.128. The molecule has 1 unspecified atom stereocenters. The largest absolute Gasteiger partial charge is 0.409 e. The number of hydrogen-bond acceptors (Lipinski definition) is 3. The predicted molar refractivity (Wildman–Crippen MR) is 50.5 cm³/mol. The fourth-order valence-corrected chi connectivity index (χ4v) is 1.00. The smallest absolute Gasteiger partial charge is 0.219 e. The zero-order valence-corrected chi connectivity index (χ0v) is 8.32. The van der Waals surface area contributed by atoms with Crippen molar-refractivity contribution in [2.24, 2.45) is 16.8 Å². The highest BCUT2D eigenvalue weighted by Crippen LogP contribution is 2.00. The van der Waals surface area contributed by atoms with Crippen molar-refractivity contribution in [2.75, 3.05) is 13.1 Å². The molecule has 0 aromatic heterocycles. The van der Waals surface area contributed by atoms with E-state index in [2.05, 4.69) is 5.16 Å². The Kier molecular flexibility index (Phi) is 4.87. The normalized spacial score (nSPS) is 13.9. The lowest BCUT2D eigenvalue weighted by Gasteiger charge is -2.22. The molecule has 5 nitrogen and oxygen atoms in total. The second kappa shape index (κ2) is 5.40. The highest BCUT2D eigenvalue weighted by Gasteiger charge is 2.14. The molecule has 5 heteroatoms. The Morgan fingerprint density at radius 3 is 2.54 bits per heavy atom. The molecule has 0 saturated heterocycles. The van der Waals surface area contributed by atoms with Crippen LogP contribution >= 0.6 is 0 Å². The molecular formula is C8H17N3O2. The van der Waals surface area contributed by atoms with E-state index in [0.29, 0.717) is 13.1 Å². The number of oxime groups is 1. The Labute approximate surface area is 78.2 Å². The van der Waals surface area contributed by atoms with Crippen LogP contribution in [0.5, 0.6) is 0 Å². The minimum atomic E-state index is -0.117. The number of nitrogens with two attached hydrogens (primary N) is 1. The van der Waals surface area contributed by atoms with Crippen LogP contribution in [-0.4, -0.2) is 34.9 Å². The fourth-order valence-electron chi connectivity index (χ4n) is 1.00. The first-order valence-electron chi connectivity index (χ1n) is 4.25. The van der Waals surface area contributed by atoms with Crippen molar-refractivity contribution in [2.45, 2.75) is 20.8 Å². The molecule has 0 radical (unpaired) electrons. The van der Waals surface area contributed by atoms with Gasteiger partial charge in [0.1, 0.15) is 5.84 Å². The third-order valence-electron chi connectivity index (χ3n) is 1.94. The first-order valence-corrected chi connectivity index (χ1v) is 4.25. The summed E-state index contributed by atoms with van der Waals surface area (Å²) in [7, 11) is 0. The quantitative estimate of drug-likeness (QED) is 0.286. The van der Waals surface area contributed by atoms with Gasteiger partial charge in [-0.1, -0.05) is 12.1 Å². The van der Waals surface area contributed by atoms with E-state index >= 15 is 0 Å². The Bertz CT molecular complexity index is 204. The van der Waals surface area contributed by atoms with E-state index in [0.717, 1.165) is 0 Å². The average molecular weight is 187 g/mol. The SMILES string of the molecule is CCN(CC(C)C(N)=NO)C(C)=O. The van der Waals surface area contributed by atoms with Gasteiger partial charge in [0, 0.05) is 25.9 Å². The van der Waals surface area contributed by atoms with Crippen molar-refractivity contribution < 1.29 is 10.0 Å². The second-order valence-electron chi connectivity index (χ2n) is 2.98. The molecule has 0 aromatic rings. The molecule has 0 aromatic carbocycles. The van der Waals surface area contributed by atoms with Gasteiger partial charge in [-0.15, -0.1) is 0 Å². The highest BCUT2D eigenvalue weighted by molar-refractivity contribution is 5.82. The molecule has 0 spiro atoms. The summed E-state index contributed by atoms with van der Waals surface area (Å²) in [5.41, 5.74) is 5.38. The van der Waals surface area contributed by atoms with Crippen LogP contribution in [0, 0.1) is 5.92 Å². The topological polar surface area (TPSA) is 78.9 Å². The van der Waals surface area contributed by atoms with E-state index in [1.807, 2.05) is 6.92 Å². The molecule has 3 N–H and O–H groups in total. The number of amidine groups is 1. The van der Waals surface area contributed by atoms with Gasteiger partial charge in [0.15, 0.2) is 0 Å². The summed E-state index contributed by atoms with van der Waals surface area (Å²) in [4.78, 5) is 12.6. The van der Waals surface area contributed by atoms with E-state index in [4.69, 9.17) is 10.9 Å². The summed E-state index contributed by atoms with van der Waals surface area (Å²) in [5.74, 6) is 0.0358. The van der Waals surface area contributed by atoms with Gasteiger partial charge < -0.3 is 15.8 Å².